The van der Waals surface area contributed by atoms with Crippen LogP contribution in [-0.2, 0) is 0 Å². The van der Waals surface area contributed by atoms with E-state index in [4.69, 9.17) is 12.2 Å². The van der Waals surface area contributed by atoms with Crippen molar-refractivity contribution in [1.82, 2.24) is 16.2 Å². The van der Waals surface area contributed by atoms with E-state index >= 15 is 0 Å². The lowest BCUT2D eigenvalue weighted by molar-refractivity contribution is 0.0943. The zero-order valence-electron chi connectivity index (χ0n) is 8.71. The summed E-state index contributed by atoms with van der Waals surface area (Å²) in [5.74, 6) is -0.229. The molecule has 0 aliphatic rings. The quantitative estimate of drug-likeness (QED) is 0.573. The Hall–Kier alpha value is -1.14. The van der Waals surface area contributed by atoms with E-state index < -0.39 is 0 Å². The Morgan fingerprint density at radius 3 is 2.50 bits per heavy atom. The minimum Gasteiger partial charge on any atom is -0.362 e. The molecule has 0 aliphatic carbocycles. The van der Waals surface area contributed by atoms with E-state index in [0.717, 1.165) is 4.47 Å². The molecule has 1 amide bonds. The molecule has 3 N–H and O–H groups in total. The van der Waals surface area contributed by atoms with Crippen LogP contribution in [0.2, 0.25) is 0 Å². The fourth-order valence-electron chi connectivity index (χ4n) is 0.992. The molecule has 0 radical (unpaired) electrons. The van der Waals surface area contributed by atoms with Gasteiger partial charge in [0.2, 0.25) is 0 Å². The van der Waals surface area contributed by atoms with E-state index in [-0.39, 0.29) is 5.91 Å². The Labute approximate surface area is 108 Å². The fourth-order valence-corrected chi connectivity index (χ4v) is 1.45. The number of amides is 1. The van der Waals surface area contributed by atoms with Gasteiger partial charge >= 0.3 is 0 Å². The molecule has 0 saturated heterocycles. The fraction of sp³-hybridized carbons (Fsp3) is 0.200. The highest BCUT2D eigenvalue weighted by atomic mass is 79.9. The summed E-state index contributed by atoms with van der Waals surface area (Å²) in [5.41, 5.74) is 5.67. The standard InChI is InChI=1S/C10H12BrN3OS/c1-2-12-10(16)14-13-9(15)7-3-5-8(11)6-4-7/h3-6H,2H2,1H3,(H,13,15)(H2,12,14,16). The molecule has 0 fully saturated rings. The molecule has 0 unspecified atom stereocenters. The van der Waals surface area contributed by atoms with Crippen LogP contribution in [0, 0.1) is 0 Å². The van der Waals surface area contributed by atoms with Crippen LogP contribution in [0.15, 0.2) is 28.7 Å². The number of hydrogen-bond acceptors (Lipinski definition) is 2. The van der Waals surface area contributed by atoms with Gasteiger partial charge in [0.15, 0.2) is 5.11 Å². The topological polar surface area (TPSA) is 53.2 Å². The number of carbonyl (C=O) groups excluding carboxylic acids is 1. The minimum absolute atomic E-state index is 0.229. The molecule has 86 valence electrons. The predicted molar refractivity (Wildman–Crippen MR) is 71.0 cm³/mol. The summed E-state index contributed by atoms with van der Waals surface area (Å²) in [6.07, 6.45) is 0. The van der Waals surface area contributed by atoms with Gasteiger partial charge < -0.3 is 5.32 Å². The number of benzene rings is 1. The van der Waals surface area contributed by atoms with Crippen molar-refractivity contribution in [2.45, 2.75) is 6.92 Å². The molecule has 0 spiro atoms. The average molecular weight is 302 g/mol. The van der Waals surface area contributed by atoms with Crippen LogP contribution in [-0.4, -0.2) is 17.6 Å². The third kappa shape index (κ3) is 4.16. The Kier molecular flexibility index (Phi) is 5.21. The Morgan fingerprint density at radius 2 is 1.94 bits per heavy atom. The Bertz CT molecular complexity index is 380. The SMILES string of the molecule is CCNC(=S)NNC(=O)c1ccc(Br)cc1. The first kappa shape index (κ1) is 12.9. The Balaban J connectivity index is 2.47. The molecular weight excluding hydrogens is 290 g/mol. The number of halogens is 1. The monoisotopic (exact) mass is 301 g/mol. The molecule has 1 aromatic rings. The van der Waals surface area contributed by atoms with E-state index in [1.165, 1.54) is 0 Å². The molecule has 0 heterocycles. The number of hydrogen-bond donors (Lipinski definition) is 3. The zero-order valence-corrected chi connectivity index (χ0v) is 11.1. The summed E-state index contributed by atoms with van der Waals surface area (Å²) in [6, 6.07) is 7.05. The molecule has 0 bridgehead atoms. The second kappa shape index (κ2) is 6.44. The molecule has 0 aromatic heterocycles. The molecule has 0 atom stereocenters. The first-order valence-electron chi connectivity index (χ1n) is 4.73. The number of hydrazine groups is 1. The first-order chi connectivity index (χ1) is 7.63. The summed E-state index contributed by atoms with van der Waals surface area (Å²) in [7, 11) is 0. The Morgan fingerprint density at radius 1 is 1.31 bits per heavy atom. The molecular formula is C10H12BrN3OS. The molecule has 4 nitrogen and oxygen atoms in total. The van der Waals surface area contributed by atoms with Crippen LogP contribution in [0.25, 0.3) is 0 Å². The van der Waals surface area contributed by atoms with Crippen LogP contribution < -0.4 is 16.2 Å². The van der Waals surface area contributed by atoms with Gasteiger partial charge in [0.1, 0.15) is 0 Å². The summed E-state index contributed by atoms with van der Waals surface area (Å²) in [5, 5.41) is 3.26. The van der Waals surface area contributed by atoms with Crippen LogP contribution in [0.1, 0.15) is 17.3 Å². The van der Waals surface area contributed by atoms with E-state index in [9.17, 15) is 4.79 Å². The maximum atomic E-state index is 11.6. The summed E-state index contributed by atoms with van der Waals surface area (Å²) in [4.78, 5) is 11.6. The van der Waals surface area contributed by atoms with Gasteiger partial charge in [-0.3, -0.25) is 15.6 Å². The zero-order chi connectivity index (χ0) is 12.0. The normalized spacial score (nSPS) is 9.38. The second-order valence-electron chi connectivity index (χ2n) is 2.95. The predicted octanol–water partition coefficient (Wildman–Crippen LogP) is 1.58. The lowest BCUT2D eigenvalue weighted by Gasteiger charge is -2.09. The van der Waals surface area contributed by atoms with Gasteiger partial charge in [-0.05, 0) is 43.4 Å². The van der Waals surface area contributed by atoms with Crippen molar-refractivity contribution < 1.29 is 4.79 Å². The maximum absolute atomic E-state index is 11.6. The van der Waals surface area contributed by atoms with Gasteiger partial charge in [-0.15, -0.1) is 0 Å². The van der Waals surface area contributed by atoms with E-state index in [2.05, 4.69) is 32.1 Å². The minimum atomic E-state index is -0.229. The first-order valence-corrected chi connectivity index (χ1v) is 5.93. The van der Waals surface area contributed by atoms with E-state index in [1.807, 2.05) is 6.92 Å². The van der Waals surface area contributed by atoms with Gasteiger partial charge in [0, 0.05) is 16.6 Å². The van der Waals surface area contributed by atoms with E-state index in [0.29, 0.717) is 17.2 Å². The highest BCUT2D eigenvalue weighted by Crippen LogP contribution is 2.09. The number of rotatable bonds is 2. The van der Waals surface area contributed by atoms with Crippen LogP contribution in [0.3, 0.4) is 0 Å². The van der Waals surface area contributed by atoms with Gasteiger partial charge in [-0.1, -0.05) is 15.9 Å². The number of nitrogens with one attached hydrogen (secondary N) is 3. The molecule has 0 saturated carbocycles. The van der Waals surface area contributed by atoms with Gasteiger partial charge in [-0.25, -0.2) is 0 Å². The van der Waals surface area contributed by atoms with Crippen molar-refractivity contribution in [2.75, 3.05) is 6.54 Å². The van der Waals surface area contributed by atoms with Crippen molar-refractivity contribution in [3.8, 4) is 0 Å². The van der Waals surface area contributed by atoms with E-state index in [1.54, 1.807) is 24.3 Å². The van der Waals surface area contributed by atoms with Crippen molar-refractivity contribution in [1.29, 1.82) is 0 Å². The van der Waals surface area contributed by atoms with Gasteiger partial charge in [0.05, 0.1) is 0 Å². The van der Waals surface area contributed by atoms with Gasteiger partial charge in [-0.2, -0.15) is 0 Å². The highest BCUT2D eigenvalue weighted by molar-refractivity contribution is 9.10. The van der Waals surface area contributed by atoms with Crippen LogP contribution in [0.5, 0.6) is 0 Å². The summed E-state index contributed by atoms with van der Waals surface area (Å²) >= 11 is 8.20. The molecule has 0 aliphatic heterocycles. The smallest absolute Gasteiger partial charge is 0.269 e. The lowest BCUT2D eigenvalue weighted by atomic mass is 10.2. The summed E-state index contributed by atoms with van der Waals surface area (Å²) < 4.78 is 0.931. The lowest BCUT2D eigenvalue weighted by Crippen LogP contribution is -2.46. The maximum Gasteiger partial charge on any atom is 0.269 e. The molecule has 16 heavy (non-hydrogen) atoms. The van der Waals surface area contributed by atoms with Gasteiger partial charge in [0.25, 0.3) is 5.91 Å². The van der Waals surface area contributed by atoms with Crippen molar-refractivity contribution in [2.24, 2.45) is 0 Å². The molecule has 6 heteroatoms. The second-order valence-corrected chi connectivity index (χ2v) is 4.27. The number of thiocarbonyl (C=S) groups is 1. The van der Waals surface area contributed by atoms with Crippen molar-refractivity contribution in [3.05, 3.63) is 34.3 Å². The molecule has 1 rings (SSSR count). The third-order valence-corrected chi connectivity index (χ3v) is 2.51. The van der Waals surface area contributed by atoms with Crippen molar-refractivity contribution in [3.63, 3.8) is 0 Å². The average Bonchev–Trinajstić information content (AvgIpc) is 2.27. The highest BCUT2D eigenvalue weighted by Gasteiger charge is 2.04. The summed E-state index contributed by atoms with van der Waals surface area (Å²) in [6.45, 7) is 2.63. The number of carbonyl (C=O) groups is 1. The largest absolute Gasteiger partial charge is 0.362 e. The molecule has 1 aromatic carbocycles. The van der Waals surface area contributed by atoms with Crippen LogP contribution >= 0.6 is 28.1 Å². The van der Waals surface area contributed by atoms with Crippen LogP contribution in [0.4, 0.5) is 0 Å². The van der Waals surface area contributed by atoms with Crippen molar-refractivity contribution >= 4 is 39.2 Å². The third-order valence-electron chi connectivity index (χ3n) is 1.73.